The second kappa shape index (κ2) is 7.33. The lowest BCUT2D eigenvalue weighted by molar-refractivity contribution is 0.239. The Morgan fingerprint density at radius 1 is 1.05 bits per heavy atom. The number of aryl methyl sites for hydroxylation is 1. The zero-order valence-corrected chi connectivity index (χ0v) is 11.9. The van der Waals surface area contributed by atoms with Gasteiger partial charge in [-0.3, -0.25) is 0 Å². The van der Waals surface area contributed by atoms with Gasteiger partial charge in [0.05, 0.1) is 6.61 Å². The van der Waals surface area contributed by atoms with Gasteiger partial charge in [-0.1, -0.05) is 59.9 Å². The van der Waals surface area contributed by atoms with E-state index in [1.165, 1.54) is 5.56 Å². The lowest BCUT2D eigenvalue weighted by Gasteiger charge is -2.05. The topological polar surface area (TPSA) is 9.23 Å². The summed E-state index contributed by atoms with van der Waals surface area (Å²) in [7, 11) is 1.70. The third-order valence-electron chi connectivity index (χ3n) is 2.96. The van der Waals surface area contributed by atoms with Gasteiger partial charge in [0.15, 0.2) is 0 Å². The van der Waals surface area contributed by atoms with E-state index in [4.69, 9.17) is 4.74 Å². The molecule has 0 atom stereocenters. The first-order valence-corrected chi connectivity index (χ1v) is 6.61. The van der Waals surface area contributed by atoms with Gasteiger partial charge < -0.3 is 4.74 Å². The van der Waals surface area contributed by atoms with Crippen LogP contribution in [0.3, 0.4) is 0 Å². The molecule has 0 aliphatic carbocycles. The molecule has 0 unspecified atom stereocenters. The van der Waals surface area contributed by atoms with Crippen molar-refractivity contribution in [1.82, 2.24) is 0 Å². The molecule has 0 fully saturated rings. The molecule has 1 nitrogen and oxygen atoms in total. The molecule has 0 heterocycles. The molecule has 20 heavy (non-hydrogen) atoms. The van der Waals surface area contributed by atoms with Crippen molar-refractivity contribution in [3.05, 3.63) is 77.4 Å². The standard InChI is InChI=1S/C19H18O/c1-16-11-13-18(14-12-16)19(15-20-2)10-6-9-17-7-4-3-5-8-17/h3-5,7-8,10-14H,15H2,1-2H3/b19-10+. The molecular weight excluding hydrogens is 244 g/mol. The van der Waals surface area contributed by atoms with Crippen molar-refractivity contribution >= 4 is 5.57 Å². The zero-order valence-electron chi connectivity index (χ0n) is 11.9. The molecule has 0 radical (unpaired) electrons. The van der Waals surface area contributed by atoms with Crippen molar-refractivity contribution in [3.63, 3.8) is 0 Å². The SMILES string of the molecule is COC/C(=C\C#Cc1ccccc1)c1ccc(C)cc1. The maximum atomic E-state index is 5.26. The molecule has 0 aliphatic heterocycles. The number of rotatable bonds is 3. The Morgan fingerprint density at radius 3 is 2.40 bits per heavy atom. The van der Waals surface area contributed by atoms with Crippen molar-refractivity contribution < 1.29 is 4.74 Å². The number of ether oxygens (including phenoxy) is 1. The van der Waals surface area contributed by atoms with E-state index in [2.05, 4.69) is 43.0 Å². The summed E-state index contributed by atoms with van der Waals surface area (Å²) in [5.74, 6) is 6.24. The predicted octanol–water partition coefficient (Wildman–Crippen LogP) is 4.08. The van der Waals surface area contributed by atoms with Gasteiger partial charge in [0.1, 0.15) is 0 Å². The normalized spacial score (nSPS) is 10.8. The van der Waals surface area contributed by atoms with Crippen LogP contribution in [0, 0.1) is 18.8 Å². The highest BCUT2D eigenvalue weighted by molar-refractivity contribution is 5.69. The van der Waals surface area contributed by atoms with E-state index < -0.39 is 0 Å². The fourth-order valence-electron chi connectivity index (χ4n) is 1.86. The van der Waals surface area contributed by atoms with E-state index in [-0.39, 0.29) is 0 Å². The van der Waals surface area contributed by atoms with Crippen LogP contribution < -0.4 is 0 Å². The third kappa shape index (κ3) is 4.12. The Bertz CT molecular complexity index is 625. The largest absolute Gasteiger partial charge is 0.380 e. The van der Waals surface area contributed by atoms with Crippen LogP contribution >= 0.6 is 0 Å². The van der Waals surface area contributed by atoms with Crippen molar-refractivity contribution in [2.45, 2.75) is 6.92 Å². The Balaban J connectivity index is 2.22. The van der Waals surface area contributed by atoms with Crippen LogP contribution in [0.5, 0.6) is 0 Å². The van der Waals surface area contributed by atoms with E-state index in [9.17, 15) is 0 Å². The first-order valence-electron chi connectivity index (χ1n) is 6.61. The molecule has 2 aromatic rings. The van der Waals surface area contributed by atoms with Crippen LogP contribution in [0.15, 0.2) is 60.7 Å². The molecule has 2 rings (SSSR count). The molecule has 0 bridgehead atoms. The van der Waals surface area contributed by atoms with E-state index in [1.54, 1.807) is 7.11 Å². The summed E-state index contributed by atoms with van der Waals surface area (Å²) in [6.45, 7) is 2.64. The van der Waals surface area contributed by atoms with Gasteiger partial charge in [0.25, 0.3) is 0 Å². The van der Waals surface area contributed by atoms with E-state index in [0.717, 1.165) is 16.7 Å². The lowest BCUT2D eigenvalue weighted by Crippen LogP contribution is -1.94. The lowest BCUT2D eigenvalue weighted by atomic mass is 10.0. The van der Waals surface area contributed by atoms with Crippen LogP contribution in [-0.4, -0.2) is 13.7 Å². The summed E-state index contributed by atoms with van der Waals surface area (Å²) >= 11 is 0. The second-order valence-corrected chi connectivity index (χ2v) is 4.60. The monoisotopic (exact) mass is 262 g/mol. The van der Waals surface area contributed by atoms with Crippen LogP contribution in [0.2, 0.25) is 0 Å². The minimum Gasteiger partial charge on any atom is -0.380 e. The Kier molecular flexibility index (Phi) is 5.17. The number of methoxy groups -OCH3 is 1. The molecule has 1 heteroatoms. The van der Waals surface area contributed by atoms with E-state index >= 15 is 0 Å². The first-order chi connectivity index (χ1) is 9.79. The van der Waals surface area contributed by atoms with Crippen molar-refractivity contribution in [3.8, 4) is 11.8 Å². The van der Waals surface area contributed by atoms with Gasteiger partial charge in [-0.2, -0.15) is 0 Å². The van der Waals surface area contributed by atoms with Crippen LogP contribution in [-0.2, 0) is 4.74 Å². The molecule has 0 aliphatic rings. The van der Waals surface area contributed by atoms with Gasteiger partial charge in [0.2, 0.25) is 0 Å². The molecule has 0 saturated heterocycles. The highest BCUT2D eigenvalue weighted by atomic mass is 16.5. The van der Waals surface area contributed by atoms with E-state index in [1.807, 2.05) is 36.4 Å². The molecule has 100 valence electrons. The third-order valence-corrected chi connectivity index (χ3v) is 2.96. The predicted molar refractivity (Wildman–Crippen MR) is 84.4 cm³/mol. The summed E-state index contributed by atoms with van der Waals surface area (Å²) in [5, 5.41) is 0. The van der Waals surface area contributed by atoms with Crippen molar-refractivity contribution in [2.24, 2.45) is 0 Å². The maximum Gasteiger partial charge on any atom is 0.0725 e. The first kappa shape index (κ1) is 14.1. The smallest absolute Gasteiger partial charge is 0.0725 e. The van der Waals surface area contributed by atoms with Crippen LogP contribution in [0.25, 0.3) is 5.57 Å². The summed E-state index contributed by atoms with van der Waals surface area (Å²) < 4.78 is 5.26. The summed E-state index contributed by atoms with van der Waals surface area (Å²) in [4.78, 5) is 0. The van der Waals surface area contributed by atoms with Gasteiger partial charge >= 0.3 is 0 Å². The van der Waals surface area contributed by atoms with Gasteiger partial charge in [-0.05, 0) is 36.3 Å². The fourth-order valence-corrected chi connectivity index (χ4v) is 1.86. The Labute approximate surface area is 120 Å². The van der Waals surface area contributed by atoms with Crippen molar-refractivity contribution in [1.29, 1.82) is 0 Å². The fraction of sp³-hybridized carbons (Fsp3) is 0.158. The number of hydrogen-bond donors (Lipinski definition) is 0. The van der Waals surface area contributed by atoms with E-state index in [0.29, 0.717) is 6.61 Å². The Hall–Kier alpha value is -2.30. The quantitative estimate of drug-likeness (QED) is 0.757. The zero-order chi connectivity index (χ0) is 14.2. The number of allylic oxidation sites excluding steroid dienone is 1. The molecule has 0 N–H and O–H groups in total. The van der Waals surface area contributed by atoms with Crippen LogP contribution in [0.4, 0.5) is 0 Å². The van der Waals surface area contributed by atoms with Crippen LogP contribution in [0.1, 0.15) is 16.7 Å². The second-order valence-electron chi connectivity index (χ2n) is 4.60. The molecule has 0 aromatic heterocycles. The average molecular weight is 262 g/mol. The average Bonchev–Trinajstić information content (AvgIpc) is 2.48. The molecule has 0 spiro atoms. The molecular formula is C19H18O. The highest BCUT2D eigenvalue weighted by Gasteiger charge is 1.99. The minimum atomic E-state index is 0.562. The highest BCUT2D eigenvalue weighted by Crippen LogP contribution is 2.15. The van der Waals surface area contributed by atoms with Gasteiger partial charge in [-0.15, -0.1) is 0 Å². The molecule has 0 amide bonds. The number of hydrogen-bond acceptors (Lipinski definition) is 1. The molecule has 0 saturated carbocycles. The number of benzene rings is 2. The Morgan fingerprint density at radius 2 is 1.75 bits per heavy atom. The molecule has 2 aromatic carbocycles. The summed E-state index contributed by atoms with van der Waals surface area (Å²) in [5.41, 5.74) is 4.51. The summed E-state index contributed by atoms with van der Waals surface area (Å²) in [6.07, 6.45) is 1.93. The van der Waals surface area contributed by atoms with Gasteiger partial charge in [0, 0.05) is 12.7 Å². The minimum absolute atomic E-state index is 0.562. The maximum absolute atomic E-state index is 5.26. The summed E-state index contributed by atoms with van der Waals surface area (Å²) in [6, 6.07) is 18.4. The van der Waals surface area contributed by atoms with Gasteiger partial charge in [-0.25, -0.2) is 0 Å². The van der Waals surface area contributed by atoms with Crippen molar-refractivity contribution in [2.75, 3.05) is 13.7 Å².